The molecule has 0 spiro atoms. The van der Waals surface area contributed by atoms with Crippen molar-refractivity contribution in [1.29, 1.82) is 0 Å². The van der Waals surface area contributed by atoms with Gasteiger partial charge < -0.3 is 0 Å². The molecule has 0 atom stereocenters. The van der Waals surface area contributed by atoms with Crippen LogP contribution in [-0.4, -0.2) is 0 Å². The lowest BCUT2D eigenvalue weighted by molar-refractivity contribution is 0.640. The predicted octanol–water partition coefficient (Wildman–Crippen LogP) is 4.41. The quantitative estimate of drug-likeness (QED) is 0.538. The Morgan fingerprint density at radius 2 is 1.75 bits per heavy atom. The Morgan fingerprint density at radius 1 is 1.33 bits per heavy atom. The zero-order chi connectivity index (χ0) is 9.98. The van der Waals surface area contributed by atoms with Crippen LogP contribution in [0.15, 0.2) is 36.2 Å². The second-order valence-electron chi connectivity index (χ2n) is 2.67. The third-order valence-corrected chi connectivity index (χ3v) is 0.707. The highest BCUT2D eigenvalue weighted by atomic mass is 19.1. The zero-order valence-electron chi connectivity index (χ0n) is 8.52. The van der Waals surface area contributed by atoms with Gasteiger partial charge in [0.25, 0.3) is 0 Å². The van der Waals surface area contributed by atoms with Crippen LogP contribution in [0.2, 0.25) is 0 Å². The van der Waals surface area contributed by atoms with Crippen LogP contribution in [0.4, 0.5) is 4.39 Å². The molecule has 0 fully saturated rings. The van der Waals surface area contributed by atoms with Crippen LogP contribution in [0.5, 0.6) is 0 Å². The Kier molecular flexibility index (Phi) is 11.6. The van der Waals surface area contributed by atoms with Gasteiger partial charge in [0.1, 0.15) is 0 Å². The second-order valence-corrected chi connectivity index (χ2v) is 2.67. The van der Waals surface area contributed by atoms with Gasteiger partial charge in [0.2, 0.25) is 0 Å². The molecule has 0 aromatic rings. The van der Waals surface area contributed by atoms with E-state index in [0.29, 0.717) is 0 Å². The lowest BCUT2D eigenvalue weighted by Gasteiger charge is -1.80. The van der Waals surface area contributed by atoms with Gasteiger partial charge in [-0.25, -0.2) is 4.39 Å². The average Bonchev–Trinajstić information content (AvgIpc) is 1.87. The first kappa shape index (κ1) is 13.7. The van der Waals surface area contributed by atoms with Crippen LogP contribution in [0.25, 0.3) is 0 Å². The van der Waals surface area contributed by atoms with Crippen molar-refractivity contribution in [1.82, 2.24) is 0 Å². The Labute approximate surface area is 75.5 Å². The van der Waals surface area contributed by atoms with Gasteiger partial charge in [-0.1, -0.05) is 44.6 Å². The van der Waals surface area contributed by atoms with Gasteiger partial charge in [0.05, 0.1) is 5.83 Å². The number of hydrogen-bond acceptors (Lipinski definition) is 0. The van der Waals surface area contributed by atoms with E-state index in [1.807, 2.05) is 6.92 Å². The summed E-state index contributed by atoms with van der Waals surface area (Å²) in [6.07, 6.45) is 6.04. The van der Waals surface area contributed by atoms with Crippen LogP contribution >= 0.6 is 0 Å². The van der Waals surface area contributed by atoms with Crippen molar-refractivity contribution in [3.8, 4) is 0 Å². The molecule has 0 aliphatic carbocycles. The summed E-state index contributed by atoms with van der Waals surface area (Å²) in [6.45, 7) is 11.1. The third kappa shape index (κ3) is 22.9. The molecule has 0 rings (SSSR count). The Hall–Kier alpha value is -0.850. The first-order valence-electron chi connectivity index (χ1n) is 4.20. The summed E-state index contributed by atoms with van der Waals surface area (Å²) in [5.41, 5.74) is 0.924. The van der Waals surface area contributed by atoms with Gasteiger partial charge in [0, 0.05) is 0 Å². The molecular weight excluding hydrogens is 151 g/mol. The molecule has 0 aromatic carbocycles. The molecular formula is C11H19F. The normalized spacial score (nSPS) is 10.9. The van der Waals surface area contributed by atoms with Crippen molar-refractivity contribution < 1.29 is 4.39 Å². The van der Waals surface area contributed by atoms with E-state index in [9.17, 15) is 4.39 Å². The predicted molar refractivity (Wildman–Crippen MR) is 54.8 cm³/mol. The molecule has 0 nitrogen and oxygen atoms in total. The summed E-state index contributed by atoms with van der Waals surface area (Å²) in [5.74, 6) is -0.187. The van der Waals surface area contributed by atoms with Gasteiger partial charge in [-0.2, -0.15) is 0 Å². The highest BCUT2D eigenvalue weighted by molar-refractivity contribution is 5.17. The van der Waals surface area contributed by atoms with Crippen molar-refractivity contribution in [2.45, 2.75) is 34.1 Å². The highest BCUT2D eigenvalue weighted by Gasteiger charge is 1.74. The van der Waals surface area contributed by atoms with E-state index < -0.39 is 0 Å². The van der Waals surface area contributed by atoms with E-state index in [0.717, 1.165) is 5.57 Å². The van der Waals surface area contributed by atoms with Gasteiger partial charge in [-0.15, -0.1) is 0 Å². The van der Waals surface area contributed by atoms with Crippen molar-refractivity contribution in [2.75, 3.05) is 0 Å². The molecule has 1 heteroatoms. The maximum absolute atomic E-state index is 11.9. The fourth-order valence-corrected chi connectivity index (χ4v) is 0.345. The minimum absolute atomic E-state index is 0.187. The molecule has 0 saturated heterocycles. The smallest absolute Gasteiger partial charge is 0.0968 e. The molecule has 0 aliphatic rings. The van der Waals surface area contributed by atoms with Crippen LogP contribution in [0, 0.1) is 0 Å². The Balaban J connectivity index is 0. The summed E-state index contributed by atoms with van der Waals surface area (Å²) in [5, 5.41) is 0. The van der Waals surface area contributed by atoms with E-state index in [2.05, 4.69) is 20.4 Å². The lowest BCUT2D eigenvalue weighted by Crippen LogP contribution is -1.60. The van der Waals surface area contributed by atoms with Gasteiger partial charge in [-0.05, 0) is 19.9 Å². The monoisotopic (exact) mass is 170 g/mol. The molecule has 0 saturated carbocycles. The fraction of sp³-hybridized carbons (Fsp3) is 0.455. The molecule has 0 aliphatic heterocycles. The highest BCUT2D eigenvalue weighted by Crippen LogP contribution is 1.95. The minimum Gasteiger partial charge on any atom is -0.212 e. The fourth-order valence-electron chi connectivity index (χ4n) is 0.345. The molecule has 0 bridgehead atoms. The summed E-state index contributed by atoms with van der Waals surface area (Å²) in [6, 6.07) is 0. The molecule has 0 radical (unpaired) electrons. The topological polar surface area (TPSA) is 0 Å². The second kappa shape index (κ2) is 10.2. The van der Waals surface area contributed by atoms with Crippen molar-refractivity contribution in [2.24, 2.45) is 0 Å². The van der Waals surface area contributed by atoms with E-state index in [4.69, 9.17) is 0 Å². The summed E-state index contributed by atoms with van der Waals surface area (Å²) >= 11 is 0. The minimum atomic E-state index is -0.187. The van der Waals surface area contributed by atoms with E-state index in [-0.39, 0.29) is 5.83 Å². The van der Waals surface area contributed by atoms with E-state index >= 15 is 0 Å². The summed E-state index contributed by atoms with van der Waals surface area (Å²) < 4.78 is 11.9. The molecule has 0 amide bonds. The maximum Gasteiger partial charge on any atom is 0.0968 e. The Morgan fingerprint density at radius 3 is 2.00 bits per heavy atom. The van der Waals surface area contributed by atoms with Gasteiger partial charge in [-0.3, -0.25) is 0 Å². The van der Waals surface area contributed by atoms with Crippen molar-refractivity contribution >= 4 is 0 Å². The van der Waals surface area contributed by atoms with E-state index in [1.165, 1.54) is 19.4 Å². The molecule has 0 aromatic heterocycles. The number of rotatable bonds is 2. The SMILES string of the molecule is C=C(C)/C=C\C=C(/C)F.CCC. The number of halogens is 1. The third-order valence-electron chi connectivity index (χ3n) is 0.707. The maximum atomic E-state index is 11.9. The summed E-state index contributed by atoms with van der Waals surface area (Å²) in [7, 11) is 0. The zero-order valence-corrected chi connectivity index (χ0v) is 8.52. The van der Waals surface area contributed by atoms with Crippen LogP contribution in [-0.2, 0) is 0 Å². The lowest BCUT2D eigenvalue weighted by atomic mass is 10.3. The van der Waals surface area contributed by atoms with Crippen LogP contribution < -0.4 is 0 Å². The standard InChI is InChI=1S/C8H11F.C3H8/c1-7(2)5-4-6-8(3)9;1-3-2/h4-6H,1H2,2-3H3;3H2,1-2H3/b5-4-,8-6+;. The first-order valence-corrected chi connectivity index (χ1v) is 4.20. The summed E-state index contributed by atoms with van der Waals surface area (Å²) in [4.78, 5) is 0. The average molecular weight is 170 g/mol. The molecule has 0 heterocycles. The van der Waals surface area contributed by atoms with Crippen LogP contribution in [0.1, 0.15) is 34.1 Å². The van der Waals surface area contributed by atoms with Crippen molar-refractivity contribution in [3.05, 3.63) is 36.2 Å². The van der Waals surface area contributed by atoms with Gasteiger partial charge in [0.15, 0.2) is 0 Å². The Bertz CT molecular complexity index is 160. The number of hydrogen-bond donors (Lipinski definition) is 0. The van der Waals surface area contributed by atoms with E-state index in [1.54, 1.807) is 12.2 Å². The number of allylic oxidation sites excluding steroid dienone is 5. The molecule has 12 heavy (non-hydrogen) atoms. The molecule has 0 unspecified atom stereocenters. The molecule has 0 N–H and O–H groups in total. The van der Waals surface area contributed by atoms with Crippen molar-refractivity contribution in [3.63, 3.8) is 0 Å². The van der Waals surface area contributed by atoms with Gasteiger partial charge >= 0.3 is 0 Å². The van der Waals surface area contributed by atoms with Crippen LogP contribution in [0.3, 0.4) is 0 Å². The largest absolute Gasteiger partial charge is 0.212 e. The molecule has 70 valence electrons. The first-order chi connectivity index (χ1) is 5.54.